The largest absolute Gasteiger partial charge is 0.345 e. The summed E-state index contributed by atoms with van der Waals surface area (Å²) < 4.78 is 30.0. The van der Waals surface area contributed by atoms with E-state index in [1.807, 2.05) is 47.0 Å². The zero-order valence-corrected chi connectivity index (χ0v) is 15.9. The van der Waals surface area contributed by atoms with Gasteiger partial charge in [-0.25, -0.2) is 18.1 Å². The van der Waals surface area contributed by atoms with Crippen LogP contribution in [0.5, 0.6) is 0 Å². The second-order valence-electron chi connectivity index (χ2n) is 7.29. The van der Waals surface area contributed by atoms with Crippen LogP contribution in [0.1, 0.15) is 36.6 Å². The maximum atomic E-state index is 12.5. The molecule has 0 amide bonds. The number of H-pyrrole nitrogens is 1. The lowest BCUT2D eigenvalue weighted by molar-refractivity contribution is 0.546. The van der Waals surface area contributed by atoms with E-state index in [4.69, 9.17) is 0 Å². The standard InChI is InChI=1S/C19H20N6O2S/c26-28(27,12-13-4-2-1-3-5-13)24-15-7-6-14(10-15)19-23-22-17-11-21-18-16(25(17)19)8-9-20-18/h1-5,8-9,11,14-15,20,24H,6-7,10,12H2/t14-,15+/m1/s1. The predicted molar refractivity (Wildman–Crippen MR) is 105 cm³/mol. The van der Waals surface area contributed by atoms with Crippen LogP contribution in [0.4, 0.5) is 0 Å². The number of hydrogen-bond acceptors (Lipinski definition) is 5. The number of hydrogen-bond donors (Lipinski definition) is 2. The molecule has 0 spiro atoms. The number of nitrogens with one attached hydrogen (secondary N) is 2. The molecular formula is C19H20N6O2S. The summed E-state index contributed by atoms with van der Waals surface area (Å²) in [6.45, 7) is 0. The minimum Gasteiger partial charge on any atom is -0.345 e. The van der Waals surface area contributed by atoms with E-state index in [1.54, 1.807) is 6.20 Å². The van der Waals surface area contributed by atoms with Gasteiger partial charge in [0.15, 0.2) is 11.3 Å². The van der Waals surface area contributed by atoms with Crippen LogP contribution < -0.4 is 4.72 Å². The summed E-state index contributed by atoms with van der Waals surface area (Å²) in [5.74, 6) is 1.02. The molecule has 0 aliphatic heterocycles. The van der Waals surface area contributed by atoms with Crippen LogP contribution in [0.25, 0.3) is 16.8 Å². The lowest BCUT2D eigenvalue weighted by Gasteiger charge is -2.13. The average Bonchev–Trinajstić information content (AvgIpc) is 3.39. The molecule has 9 heteroatoms. The topological polar surface area (TPSA) is 105 Å². The van der Waals surface area contributed by atoms with Gasteiger partial charge in [0.1, 0.15) is 5.82 Å². The number of rotatable bonds is 5. The van der Waals surface area contributed by atoms with Gasteiger partial charge in [-0.05, 0) is 30.9 Å². The third-order valence-corrected chi connectivity index (χ3v) is 6.72. The smallest absolute Gasteiger partial charge is 0.216 e. The minimum absolute atomic E-state index is 0.00148. The van der Waals surface area contributed by atoms with Crippen LogP contribution in [-0.4, -0.2) is 39.0 Å². The molecule has 3 aromatic heterocycles. The molecule has 0 bridgehead atoms. The molecule has 0 radical (unpaired) electrons. The summed E-state index contributed by atoms with van der Waals surface area (Å²) in [6.07, 6.45) is 5.91. The fourth-order valence-electron chi connectivity index (χ4n) is 4.07. The van der Waals surface area contributed by atoms with E-state index < -0.39 is 10.0 Å². The van der Waals surface area contributed by atoms with Crippen molar-refractivity contribution in [3.05, 3.63) is 60.2 Å². The number of aromatic nitrogens is 5. The van der Waals surface area contributed by atoms with Gasteiger partial charge in [-0.1, -0.05) is 30.3 Å². The molecule has 2 atom stereocenters. The Kier molecular flexibility index (Phi) is 4.13. The first-order valence-electron chi connectivity index (χ1n) is 9.30. The molecule has 0 saturated heterocycles. The van der Waals surface area contributed by atoms with Crippen LogP contribution in [0.3, 0.4) is 0 Å². The molecule has 1 aromatic carbocycles. The summed E-state index contributed by atoms with van der Waals surface area (Å²) in [6, 6.07) is 11.1. The van der Waals surface area contributed by atoms with Crippen molar-refractivity contribution in [1.82, 2.24) is 29.3 Å². The number of sulfonamides is 1. The van der Waals surface area contributed by atoms with Crippen molar-refractivity contribution < 1.29 is 8.42 Å². The van der Waals surface area contributed by atoms with Crippen LogP contribution >= 0.6 is 0 Å². The third-order valence-electron chi connectivity index (χ3n) is 5.31. The first kappa shape index (κ1) is 17.3. The Balaban J connectivity index is 1.35. The average molecular weight is 396 g/mol. The maximum absolute atomic E-state index is 12.5. The van der Waals surface area contributed by atoms with Gasteiger partial charge in [-0.2, -0.15) is 0 Å². The summed E-state index contributed by atoms with van der Waals surface area (Å²) in [7, 11) is -3.39. The fourth-order valence-corrected chi connectivity index (χ4v) is 5.51. The Morgan fingerprint density at radius 1 is 1.14 bits per heavy atom. The summed E-state index contributed by atoms with van der Waals surface area (Å²) in [5, 5.41) is 8.63. The molecule has 4 aromatic rings. The normalized spacial score (nSPS) is 20.3. The van der Waals surface area contributed by atoms with Gasteiger partial charge in [-0.3, -0.25) is 4.40 Å². The Hall–Kier alpha value is -2.78. The van der Waals surface area contributed by atoms with Crippen molar-refractivity contribution in [3.63, 3.8) is 0 Å². The first-order chi connectivity index (χ1) is 13.6. The van der Waals surface area contributed by atoms with Crippen molar-refractivity contribution in [2.45, 2.75) is 37.0 Å². The predicted octanol–water partition coefficient (Wildman–Crippen LogP) is 2.36. The Morgan fingerprint density at radius 2 is 2.00 bits per heavy atom. The van der Waals surface area contributed by atoms with Crippen molar-refractivity contribution in [2.24, 2.45) is 0 Å². The van der Waals surface area contributed by atoms with Crippen LogP contribution in [0.15, 0.2) is 48.8 Å². The van der Waals surface area contributed by atoms with Crippen LogP contribution in [0, 0.1) is 0 Å². The van der Waals surface area contributed by atoms with Crippen molar-refractivity contribution in [3.8, 4) is 0 Å². The molecular weight excluding hydrogens is 376 g/mol. The van der Waals surface area contributed by atoms with E-state index in [2.05, 4.69) is 24.9 Å². The second kappa shape index (κ2) is 6.68. The molecule has 1 aliphatic rings. The molecule has 28 heavy (non-hydrogen) atoms. The highest BCUT2D eigenvalue weighted by Crippen LogP contribution is 2.35. The fraction of sp³-hybridized carbons (Fsp3) is 0.316. The van der Waals surface area contributed by atoms with E-state index in [1.165, 1.54) is 0 Å². The van der Waals surface area contributed by atoms with Gasteiger partial charge >= 0.3 is 0 Å². The van der Waals surface area contributed by atoms with Crippen molar-refractivity contribution in [2.75, 3.05) is 0 Å². The van der Waals surface area contributed by atoms with Gasteiger partial charge in [0.05, 0.1) is 17.5 Å². The summed E-state index contributed by atoms with van der Waals surface area (Å²) in [5.41, 5.74) is 3.21. The molecule has 0 unspecified atom stereocenters. The SMILES string of the molecule is O=S(=O)(Cc1ccccc1)N[C@H]1CC[C@@H](c2nnc3cnc4[nH]ccc4n23)C1. The van der Waals surface area contributed by atoms with E-state index in [0.717, 1.165) is 35.4 Å². The zero-order chi connectivity index (χ0) is 19.1. The van der Waals surface area contributed by atoms with Gasteiger partial charge in [0, 0.05) is 18.2 Å². The highest BCUT2D eigenvalue weighted by atomic mass is 32.2. The van der Waals surface area contributed by atoms with Gasteiger partial charge in [0.2, 0.25) is 10.0 Å². The van der Waals surface area contributed by atoms with Gasteiger partial charge in [0.25, 0.3) is 0 Å². The molecule has 5 rings (SSSR count). The summed E-state index contributed by atoms with van der Waals surface area (Å²) in [4.78, 5) is 7.45. The molecule has 2 N–H and O–H groups in total. The highest BCUT2D eigenvalue weighted by Gasteiger charge is 2.32. The number of fused-ring (bicyclic) bond motifs is 3. The van der Waals surface area contributed by atoms with E-state index in [9.17, 15) is 8.42 Å². The first-order valence-corrected chi connectivity index (χ1v) is 11.0. The van der Waals surface area contributed by atoms with Crippen molar-refractivity contribution in [1.29, 1.82) is 0 Å². The molecule has 8 nitrogen and oxygen atoms in total. The lowest BCUT2D eigenvalue weighted by Crippen LogP contribution is -2.33. The Morgan fingerprint density at radius 3 is 2.86 bits per heavy atom. The second-order valence-corrected chi connectivity index (χ2v) is 9.04. The molecule has 3 heterocycles. The maximum Gasteiger partial charge on any atom is 0.216 e. The molecule has 144 valence electrons. The van der Waals surface area contributed by atoms with Crippen LogP contribution in [-0.2, 0) is 15.8 Å². The van der Waals surface area contributed by atoms with E-state index in [0.29, 0.717) is 12.1 Å². The van der Waals surface area contributed by atoms with E-state index >= 15 is 0 Å². The molecule has 1 fully saturated rings. The number of benzene rings is 1. The van der Waals surface area contributed by atoms with Gasteiger partial charge < -0.3 is 4.98 Å². The van der Waals surface area contributed by atoms with Crippen LogP contribution in [0.2, 0.25) is 0 Å². The monoisotopic (exact) mass is 396 g/mol. The Labute approximate surface area is 162 Å². The summed E-state index contributed by atoms with van der Waals surface area (Å²) >= 11 is 0. The lowest BCUT2D eigenvalue weighted by atomic mass is 10.1. The molecule has 1 saturated carbocycles. The quantitative estimate of drug-likeness (QED) is 0.539. The zero-order valence-electron chi connectivity index (χ0n) is 15.1. The number of aromatic amines is 1. The van der Waals surface area contributed by atoms with Gasteiger partial charge in [-0.15, -0.1) is 10.2 Å². The molecule has 1 aliphatic carbocycles. The highest BCUT2D eigenvalue weighted by molar-refractivity contribution is 7.88. The minimum atomic E-state index is -3.39. The van der Waals surface area contributed by atoms with E-state index in [-0.39, 0.29) is 17.7 Å². The van der Waals surface area contributed by atoms with Crippen molar-refractivity contribution >= 4 is 26.8 Å². The Bertz CT molecular complexity index is 1230. The third kappa shape index (κ3) is 3.16. The number of nitrogens with zero attached hydrogens (tertiary/aromatic N) is 4.